The van der Waals surface area contributed by atoms with E-state index in [9.17, 15) is 4.39 Å². The van der Waals surface area contributed by atoms with Gasteiger partial charge in [0.15, 0.2) is 0 Å². The maximum Gasteiger partial charge on any atom is 0.217 e. The second kappa shape index (κ2) is 5.80. The van der Waals surface area contributed by atoms with Crippen LogP contribution in [0.3, 0.4) is 0 Å². The molecule has 1 N–H and O–H groups in total. The van der Waals surface area contributed by atoms with Crippen molar-refractivity contribution in [1.82, 2.24) is 9.97 Å². The quantitative estimate of drug-likeness (QED) is 0.764. The van der Waals surface area contributed by atoms with E-state index in [4.69, 9.17) is 0 Å². The van der Waals surface area contributed by atoms with Gasteiger partial charge in [-0.05, 0) is 25.4 Å². The Bertz CT molecular complexity index is 283. The zero-order valence-corrected chi connectivity index (χ0v) is 9.14. The molecule has 1 unspecified atom stereocenters. The van der Waals surface area contributed by atoms with Crippen molar-refractivity contribution in [3.8, 4) is 0 Å². The Kier molecular flexibility index (Phi) is 4.65. The van der Waals surface area contributed by atoms with E-state index in [-0.39, 0.29) is 0 Å². The summed E-state index contributed by atoms with van der Waals surface area (Å²) in [6.45, 7) is 2.05. The van der Waals surface area contributed by atoms with Crippen LogP contribution in [0, 0.1) is 5.95 Å². The topological polar surface area (TPSA) is 37.8 Å². The minimum absolute atomic E-state index is 0.303. The maximum atomic E-state index is 12.7. The predicted molar refractivity (Wildman–Crippen MR) is 58.1 cm³/mol. The molecule has 5 heteroatoms. The van der Waals surface area contributed by atoms with Gasteiger partial charge in [0.25, 0.3) is 0 Å². The third kappa shape index (κ3) is 3.91. The maximum absolute atomic E-state index is 12.7. The summed E-state index contributed by atoms with van der Waals surface area (Å²) in [5.74, 6) is 1.13. The van der Waals surface area contributed by atoms with Crippen LogP contribution < -0.4 is 5.32 Å². The van der Waals surface area contributed by atoms with Crippen molar-refractivity contribution in [3.63, 3.8) is 0 Å². The fourth-order valence-electron chi connectivity index (χ4n) is 1.03. The average molecular weight is 215 g/mol. The molecule has 1 atom stereocenters. The van der Waals surface area contributed by atoms with Crippen molar-refractivity contribution >= 4 is 17.6 Å². The zero-order valence-electron chi connectivity index (χ0n) is 8.33. The molecular formula is C9H14FN3S. The number of aromatic nitrogens is 2. The highest BCUT2D eigenvalue weighted by molar-refractivity contribution is 7.98. The Hall–Kier alpha value is -0.840. The minimum Gasteiger partial charge on any atom is -0.367 e. The van der Waals surface area contributed by atoms with Gasteiger partial charge in [0.05, 0.1) is 0 Å². The molecule has 0 amide bonds. The number of halogens is 1. The number of anilines is 1. The minimum atomic E-state index is -0.500. The van der Waals surface area contributed by atoms with E-state index in [2.05, 4.69) is 28.5 Å². The van der Waals surface area contributed by atoms with Crippen molar-refractivity contribution in [2.45, 2.75) is 19.4 Å². The summed E-state index contributed by atoms with van der Waals surface area (Å²) < 4.78 is 12.7. The lowest BCUT2D eigenvalue weighted by Gasteiger charge is -2.13. The molecule has 14 heavy (non-hydrogen) atoms. The average Bonchev–Trinajstić information content (AvgIpc) is 2.15. The highest BCUT2D eigenvalue weighted by Crippen LogP contribution is 2.08. The van der Waals surface area contributed by atoms with E-state index < -0.39 is 5.95 Å². The van der Waals surface area contributed by atoms with Crippen molar-refractivity contribution < 1.29 is 4.39 Å². The van der Waals surface area contributed by atoms with Gasteiger partial charge in [-0.25, -0.2) is 9.97 Å². The van der Waals surface area contributed by atoms with Gasteiger partial charge in [-0.3, -0.25) is 0 Å². The molecule has 0 spiro atoms. The lowest BCUT2D eigenvalue weighted by atomic mass is 10.2. The summed E-state index contributed by atoms with van der Waals surface area (Å²) in [5.41, 5.74) is 0. The standard InChI is InChI=1S/C9H14FN3S/c1-7(3-4-14-2)13-9-5-8(10)11-6-12-9/h5-7H,3-4H2,1-2H3,(H,11,12,13). The molecule has 0 saturated carbocycles. The molecule has 0 radical (unpaired) electrons. The van der Waals surface area contributed by atoms with Crippen LogP contribution in [0.2, 0.25) is 0 Å². The SMILES string of the molecule is CSCCC(C)Nc1cc(F)ncn1. The summed E-state index contributed by atoms with van der Waals surface area (Å²) in [7, 11) is 0. The molecule has 0 bridgehead atoms. The molecule has 3 nitrogen and oxygen atoms in total. The summed E-state index contributed by atoms with van der Waals surface area (Å²) in [6, 6.07) is 1.60. The van der Waals surface area contributed by atoms with E-state index in [1.165, 1.54) is 12.4 Å². The third-order valence-corrected chi connectivity index (χ3v) is 2.43. The molecule has 78 valence electrons. The number of rotatable bonds is 5. The Labute approximate surface area is 87.5 Å². The Morgan fingerprint density at radius 3 is 3.00 bits per heavy atom. The van der Waals surface area contributed by atoms with Crippen molar-refractivity contribution in [1.29, 1.82) is 0 Å². The highest BCUT2D eigenvalue weighted by Gasteiger charge is 2.03. The predicted octanol–water partition coefficient (Wildman–Crippen LogP) is 2.17. The molecule has 0 saturated heterocycles. The largest absolute Gasteiger partial charge is 0.367 e. The molecule has 0 aliphatic rings. The smallest absolute Gasteiger partial charge is 0.217 e. The van der Waals surface area contributed by atoms with Gasteiger partial charge < -0.3 is 5.32 Å². The molecule has 1 rings (SSSR count). The van der Waals surface area contributed by atoms with E-state index in [1.807, 2.05) is 0 Å². The fraction of sp³-hybridized carbons (Fsp3) is 0.556. The molecular weight excluding hydrogens is 201 g/mol. The van der Waals surface area contributed by atoms with Crippen LogP contribution in [-0.2, 0) is 0 Å². The van der Waals surface area contributed by atoms with Crippen LogP contribution >= 0.6 is 11.8 Å². The molecule has 1 heterocycles. The van der Waals surface area contributed by atoms with E-state index >= 15 is 0 Å². The van der Waals surface area contributed by atoms with Crippen LogP contribution in [0.15, 0.2) is 12.4 Å². The number of thioether (sulfide) groups is 1. The fourth-order valence-corrected chi connectivity index (χ4v) is 1.62. The van der Waals surface area contributed by atoms with Gasteiger partial charge in [0, 0.05) is 12.1 Å². The second-order valence-electron chi connectivity index (χ2n) is 3.05. The molecule has 0 aromatic carbocycles. The molecule has 1 aromatic rings. The molecule has 1 aromatic heterocycles. The molecule has 0 fully saturated rings. The van der Waals surface area contributed by atoms with Crippen molar-refractivity contribution in [3.05, 3.63) is 18.3 Å². The van der Waals surface area contributed by atoms with Crippen molar-refractivity contribution in [2.24, 2.45) is 0 Å². The summed E-state index contributed by atoms with van der Waals surface area (Å²) in [4.78, 5) is 7.31. The first kappa shape index (κ1) is 11.2. The lowest BCUT2D eigenvalue weighted by molar-refractivity contribution is 0.579. The van der Waals surface area contributed by atoms with Gasteiger partial charge in [0.2, 0.25) is 5.95 Å². The summed E-state index contributed by atoms with van der Waals surface area (Å²) in [5, 5.41) is 3.11. The first-order chi connectivity index (χ1) is 6.72. The Morgan fingerprint density at radius 2 is 2.36 bits per heavy atom. The number of nitrogens with one attached hydrogen (secondary N) is 1. The zero-order chi connectivity index (χ0) is 10.4. The van der Waals surface area contributed by atoms with Crippen LogP contribution in [-0.4, -0.2) is 28.0 Å². The summed E-state index contributed by atoms with van der Waals surface area (Å²) >= 11 is 1.80. The van der Waals surface area contributed by atoms with Gasteiger partial charge >= 0.3 is 0 Å². The first-order valence-electron chi connectivity index (χ1n) is 4.45. The number of hydrogen-bond donors (Lipinski definition) is 1. The van der Waals surface area contributed by atoms with Crippen LogP contribution in [0.5, 0.6) is 0 Å². The Morgan fingerprint density at radius 1 is 1.57 bits per heavy atom. The first-order valence-corrected chi connectivity index (χ1v) is 5.84. The van der Waals surface area contributed by atoms with E-state index in [0.717, 1.165) is 12.2 Å². The lowest BCUT2D eigenvalue weighted by Crippen LogP contribution is -2.17. The molecule has 0 aliphatic heterocycles. The second-order valence-corrected chi connectivity index (χ2v) is 4.04. The Balaban J connectivity index is 2.43. The highest BCUT2D eigenvalue weighted by atomic mass is 32.2. The monoisotopic (exact) mass is 215 g/mol. The normalized spacial score (nSPS) is 12.5. The van der Waals surface area contributed by atoms with Gasteiger partial charge in [-0.1, -0.05) is 0 Å². The van der Waals surface area contributed by atoms with Crippen molar-refractivity contribution in [2.75, 3.05) is 17.3 Å². The van der Waals surface area contributed by atoms with Gasteiger partial charge in [-0.15, -0.1) is 0 Å². The van der Waals surface area contributed by atoms with Crippen LogP contribution in [0.4, 0.5) is 10.2 Å². The molecule has 0 aliphatic carbocycles. The summed E-state index contributed by atoms with van der Waals surface area (Å²) in [6.07, 6.45) is 4.32. The van der Waals surface area contributed by atoms with E-state index in [0.29, 0.717) is 11.9 Å². The van der Waals surface area contributed by atoms with Gasteiger partial charge in [0.1, 0.15) is 12.1 Å². The van der Waals surface area contributed by atoms with Crippen LogP contribution in [0.1, 0.15) is 13.3 Å². The number of hydrogen-bond acceptors (Lipinski definition) is 4. The number of nitrogens with zero attached hydrogens (tertiary/aromatic N) is 2. The van der Waals surface area contributed by atoms with E-state index in [1.54, 1.807) is 11.8 Å². The third-order valence-electron chi connectivity index (χ3n) is 1.78. The van der Waals surface area contributed by atoms with Gasteiger partial charge in [-0.2, -0.15) is 16.2 Å². The van der Waals surface area contributed by atoms with Crippen LogP contribution in [0.25, 0.3) is 0 Å².